The molecule has 0 radical (unpaired) electrons. The maximum absolute atomic E-state index is 6.65. The molecule has 0 aliphatic carbocycles. The predicted molar refractivity (Wildman–Crippen MR) is 248 cm³/mol. The second kappa shape index (κ2) is 12.7. The van der Waals surface area contributed by atoms with Gasteiger partial charge in [0.2, 0.25) is 5.95 Å². The minimum atomic E-state index is 0.550. The van der Waals surface area contributed by atoms with Gasteiger partial charge in [0, 0.05) is 38.1 Å². The largest absolute Gasteiger partial charge is 0.455 e. The van der Waals surface area contributed by atoms with E-state index in [1.54, 1.807) is 0 Å². The van der Waals surface area contributed by atoms with E-state index in [1.807, 2.05) is 12.1 Å². The molecule has 0 unspecified atom stereocenters. The zero-order chi connectivity index (χ0) is 39.3. The van der Waals surface area contributed by atoms with Crippen LogP contribution < -0.4 is 0 Å². The minimum absolute atomic E-state index is 0.550. The first-order valence-corrected chi connectivity index (χ1v) is 20.3. The molecule has 5 nitrogen and oxygen atoms in total. The van der Waals surface area contributed by atoms with Crippen LogP contribution in [0.3, 0.4) is 0 Å². The van der Waals surface area contributed by atoms with Crippen molar-refractivity contribution in [2.75, 3.05) is 0 Å². The Hall–Kier alpha value is -8.15. The molecule has 0 atom stereocenters. The molecule has 278 valence electrons. The Morgan fingerprint density at radius 3 is 1.55 bits per heavy atom. The summed E-state index contributed by atoms with van der Waals surface area (Å²) in [4.78, 5) is 16.1. The SMILES string of the molecule is c1ccc2c(-c3ccc(-c4nc(-c5cccc6oc7c8ccccc8ccc7c56)nc(-n5c6ccc7ccccc7c6c6c7ccccc7ccc65)n4)cc3)cccc2c1. The van der Waals surface area contributed by atoms with Crippen LogP contribution in [0.15, 0.2) is 199 Å². The van der Waals surface area contributed by atoms with E-state index < -0.39 is 0 Å². The van der Waals surface area contributed by atoms with E-state index in [4.69, 9.17) is 19.4 Å². The van der Waals surface area contributed by atoms with Crippen LogP contribution in [-0.4, -0.2) is 19.5 Å². The number of benzene rings is 10. The fourth-order valence-electron chi connectivity index (χ4n) is 9.49. The number of hydrogen-bond acceptors (Lipinski definition) is 4. The summed E-state index contributed by atoms with van der Waals surface area (Å²) >= 11 is 0. The highest BCUT2D eigenvalue weighted by molar-refractivity contribution is 6.28. The molecule has 3 aromatic heterocycles. The van der Waals surface area contributed by atoms with Crippen LogP contribution in [0.25, 0.3) is 127 Å². The van der Waals surface area contributed by atoms with Gasteiger partial charge in [0.05, 0.1) is 11.0 Å². The average molecular weight is 765 g/mol. The van der Waals surface area contributed by atoms with Gasteiger partial charge >= 0.3 is 0 Å². The van der Waals surface area contributed by atoms with Crippen LogP contribution >= 0.6 is 0 Å². The van der Waals surface area contributed by atoms with E-state index in [0.29, 0.717) is 17.6 Å². The van der Waals surface area contributed by atoms with Gasteiger partial charge in [-0.2, -0.15) is 9.97 Å². The summed E-state index contributed by atoms with van der Waals surface area (Å²) in [5.41, 5.74) is 7.82. The second-order valence-corrected chi connectivity index (χ2v) is 15.5. The smallest absolute Gasteiger partial charge is 0.238 e. The van der Waals surface area contributed by atoms with Crippen molar-refractivity contribution in [3.63, 3.8) is 0 Å². The first kappa shape index (κ1) is 32.9. The summed E-state index contributed by atoms with van der Waals surface area (Å²) in [5.74, 6) is 1.71. The normalized spacial score (nSPS) is 12.0. The maximum atomic E-state index is 6.65. The topological polar surface area (TPSA) is 56.7 Å². The van der Waals surface area contributed by atoms with E-state index in [1.165, 1.54) is 48.7 Å². The van der Waals surface area contributed by atoms with Gasteiger partial charge in [-0.3, -0.25) is 4.57 Å². The summed E-state index contributed by atoms with van der Waals surface area (Å²) in [6.07, 6.45) is 0. The van der Waals surface area contributed by atoms with Gasteiger partial charge in [-0.25, -0.2) is 4.98 Å². The van der Waals surface area contributed by atoms with Crippen molar-refractivity contribution in [1.29, 1.82) is 0 Å². The maximum Gasteiger partial charge on any atom is 0.238 e. The van der Waals surface area contributed by atoms with E-state index in [2.05, 4.69) is 187 Å². The van der Waals surface area contributed by atoms with Crippen molar-refractivity contribution in [1.82, 2.24) is 19.5 Å². The first-order valence-electron chi connectivity index (χ1n) is 20.3. The van der Waals surface area contributed by atoms with Gasteiger partial charge in [0.25, 0.3) is 0 Å². The minimum Gasteiger partial charge on any atom is -0.455 e. The van der Waals surface area contributed by atoms with Crippen LogP contribution in [0.1, 0.15) is 0 Å². The average Bonchev–Trinajstić information content (AvgIpc) is 3.88. The Kier molecular flexibility index (Phi) is 6.95. The third kappa shape index (κ3) is 4.84. The van der Waals surface area contributed by atoms with E-state index in [9.17, 15) is 0 Å². The molecule has 0 saturated carbocycles. The fourth-order valence-corrected chi connectivity index (χ4v) is 9.49. The molecule has 0 fully saturated rings. The molecular weight excluding hydrogens is 733 g/mol. The molecule has 60 heavy (non-hydrogen) atoms. The van der Waals surface area contributed by atoms with Gasteiger partial charge in [0.15, 0.2) is 11.6 Å². The van der Waals surface area contributed by atoms with E-state index in [0.717, 1.165) is 60.4 Å². The van der Waals surface area contributed by atoms with Crippen molar-refractivity contribution in [2.45, 2.75) is 0 Å². The van der Waals surface area contributed by atoms with Crippen molar-refractivity contribution >= 4 is 86.8 Å². The number of fused-ring (bicyclic) bond motifs is 13. The molecule has 5 heteroatoms. The molecule has 10 aromatic carbocycles. The monoisotopic (exact) mass is 764 g/mol. The lowest BCUT2D eigenvalue weighted by atomic mass is 9.97. The lowest BCUT2D eigenvalue weighted by Gasteiger charge is -2.12. The molecule has 0 saturated heterocycles. The number of nitrogens with zero attached hydrogens (tertiary/aromatic N) is 4. The quantitative estimate of drug-likeness (QED) is 0.179. The van der Waals surface area contributed by atoms with Crippen molar-refractivity contribution in [3.8, 4) is 39.9 Å². The van der Waals surface area contributed by atoms with Gasteiger partial charge < -0.3 is 4.42 Å². The summed E-state index contributed by atoms with van der Waals surface area (Å²) in [6.45, 7) is 0. The zero-order valence-electron chi connectivity index (χ0n) is 32.2. The van der Waals surface area contributed by atoms with E-state index in [-0.39, 0.29) is 0 Å². The highest BCUT2D eigenvalue weighted by Crippen LogP contribution is 2.42. The predicted octanol–water partition coefficient (Wildman–Crippen LogP) is 14.5. The molecule has 0 amide bonds. The van der Waals surface area contributed by atoms with Gasteiger partial charge in [-0.1, -0.05) is 170 Å². The Bertz CT molecular complexity index is 3800. The molecule has 13 rings (SSSR count). The van der Waals surface area contributed by atoms with Crippen LogP contribution in [0.4, 0.5) is 0 Å². The molecule has 0 spiro atoms. The van der Waals surface area contributed by atoms with Gasteiger partial charge in [0.1, 0.15) is 11.2 Å². The molecule has 0 aliphatic rings. The standard InChI is InChI=1S/C55H32N4O/c1-5-16-39-33(11-1)15-9-20-40(39)37-23-25-38(26-24-37)53-56-54(45-21-10-22-48-49(45)44-30-27-36-14-4-8-19-43(36)52(44)60-48)58-55(57-53)59-46-31-28-34-12-2-6-17-41(34)50(46)51-42-18-7-3-13-35(42)29-32-47(51)59/h1-32H. The summed E-state index contributed by atoms with van der Waals surface area (Å²) < 4.78 is 8.88. The molecule has 3 heterocycles. The fraction of sp³-hybridized carbons (Fsp3) is 0. The van der Waals surface area contributed by atoms with Gasteiger partial charge in [-0.05, 0) is 73.1 Å². The lowest BCUT2D eigenvalue weighted by Crippen LogP contribution is -2.06. The van der Waals surface area contributed by atoms with Crippen LogP contribution in [0.5, 0.6) is 0 Å². The number of hydrogen-bond donors (Lipinski definition) is 0. The molecule has 0 N–H and O–H groups in total. The molecule has 13 aromatic rings. The molecule has 0 aliphatic heterocycles. The van der Waals surface area contributed by atoms with E-state index >= 15 is 0 Å². The first-order chi connectivity index (χ1) is 29.7. The van der Waals surface area contributed by atoms with Crippen LogP contribution in [0, 0.1) is 0 Å². The lowest BCUT2D eigenvalue weighted by molar-refractivity contribution is 0.672. The number of aromatic nitrogens is 4. The third-order valence-electron chi connectivity index (χ3n) is 12.2. The number of rotatable bonds is 4. The Morgan fingerprint density at radius 2 is 0.850 bits per heavy atom. The Balaban J connectivity index is 1.10. The highest BCUT2D eigenvalue weighted by Gasteiger charge is 2.23. The summed E-state index contributed by atoms with van der Waals surface area (Å²) in [7, 11) is 0. The Labute approximate surface area is 343 Å². The third-order valence-corrected chi connectivity index (χ3v) is 12.2. The highest BCUT2D eigenvalue weighted by atomic mass is 16.3. The summed E-state index contributed by atoms with van der Waals surface area (Å²) in [5, 5.41) is 13.8. The van der Waals surface area contributed by atoms with Crippen LogP contribution in [0.2, 0.25) is 0 Å². The summed E-state index contributed by atoms with van der Waals surface area (Å²) in [6, 6.07) is 68.5. The van der Waals surface area contributed by atoms with Crippen LogP contribution in [-0.2, 0) is 0 Å². The zero-order valence-corrected chi connectivity index (χ0v) is 32.2. The number of furan rings is 1. The van der Waals surface area contributed by atoms with Crippen molar-refractivity contribution in [2.24, 2.45) is 0 Å². The Morgan fingerprint density at radius 1 is 0.333 bits per heavy atom. The van der Waals surface area contributed by atoms with Gasteiger partial charge in [-0.15, -0.1) is 0 Å². The molecule has 0 bridgehead atoms. The second-order valence-electron chi connectivity index (χ2n) is 15.5. The van der Waals surface area contributed by atoms with Crippen molar-refractivity contribution in [3.05, 3.63) is 194 Å². The molecular formula is C55H32N4O. The van der Waals surface area contributed by atoms with Crippen molar-refractivity contribution < 1.29 is 4.42 Å².